The molecular weight excluding hydrogens is 396 g/mol. The predicted octanol–water partition coefficient (Wildman–Crippen LogP) is 4.08. The number of methoxy groups -OCH3 is 1. The van der Waals surface area contributed by atoms with E-state index in [4.69, 9.17) is 14.2 Å². The first-order valence-electron chi connectivity index (χ1n) is 10.2. The van der Waals surface area contributed by atoms with Crippen LogP contribution in [0.3, 0.4) is 0 Å². The van der Waals surface area contributed by atoms with E-state index in [9.17, 15) is 9.59 Å². The molecule has 1 aliphatic rings. The lowest BCUT2D eigenvalue weighted by Gasteiger charge is -2.28. The molecule has 1 aliphatic heterocycles. The van der Waals surface area contributed by atoms with Crippen LogP contribution in [0.2, 0.25) is 0 Å². The van der Waals surface area contributed by atoms with Gasteiger partial charge in [-0.15, -0.1) is 0 Å². The van der Waals surface area contributed by atoms with Crippen molar-refractivity contribution < 1.29 is 23.8 Å². The Kier molecular flexibility index (Phi) is 6.84. The molecule has 2 N–H and O–H groups in total. The van der Waals surface area contributed by atoms with Crippen molar-refractivity contribution >= 4 is 12.0 Å². The highest BCUT2D eigenvalue weighted by Gasteiger charge is 2.32. The zero-order valence-electron chi connectivity index (χ0n) is 18.5. The van der Waals surface area contributed by atoms with Gasteiger partial charge in [0.1, 0.15) is 18.1 Å². The summed E-state index contributed by atoms with van der Waals surface area (Å²) in [5, 5.41) is 5.46. The van der Waals surface area contributed by atoms with Crippen molar-refractivity contribution in [1.82, 2.24) is 10.6 Å². The lowest BCUT2D eigenvalue weighted by molar-refractivity contribution is -0.139. The van der Waals surface area contributed by atoms with Gasteiger partial charge in [-0.2, -0.15) is 0 Å². The summed E-state index contributed by atoms with van der Waals surface area (Å²) in [6, 6.07) is 10.4. The number of aryl methyl sites for hydroxylation is 1. The van der Waals surface area contributed by atoms with Crippen molar-refractivity contribution in [2.45, 2.75) is 40.3 Å². The van der Waals surface area contributed by atoms with Crippen LogP contribution >= 0.6 is 0 Å². The van der Waals surface area contributed by atoms with E-state index in [1.165, 1.54) is 0 Å². The molecule has 2 aromatic carbocycles. The number of amides is 2. The van der Waals surface area contributed by atoms with Crippen molar-refractivity contribution in [2.24, 2.45) is 0 Å². The third-order valence-corrected chi connectivity index (χ3v) is 5.34. The molecule has 0 aromatic heterocycles. The van der Waals surface area contributed by atoms with E-state index in [1.54, 1.807) is 21.0 Å². The fourth-order valence-corrected chi connectivity index (χ4v) is 3.55. The summed E-state index contributed by atoms with van der Waals surface area (Å²) in [7, 11) is 1.59. The number of esters is 1. The van der Waals surface area contributed by atoms with E-state index < -0.39 is 12.0 Å². The number of hydrogen-bond donors (Lipinski definition) is 2. The van der Waals surface area contributed by atoms with Crippen molar-refractivity contribution in [3.05, 3.63) is 69.9 Å². The molecule has 7 heteroatoms. The van der Waals surface area contributed by atoms with E-state index in [-0.39, 0.29) is 19.2 Å². The molecule has 1 heterocycles. The highest BCUT2D eigenvalue weighted by molar-refractivity contribution is 5.95. The fourth-order valence-electron chi connectivity index (χ4n) is 3.55. The molecule has 2 amide bonds. The van der Waals surface area contributed by atoms with Crippen LogP contribution in [-0.4, -0.2) is 25.7 Å². The zero-order chi connectivity index (χ0) is 22.5. The highest BCUT2D eigenvalue weighted by Crippen LogP contribution is 2.32. The minimum atomic E-state index is -0.641. The second-order valence-electron chi connectivity index (χ2n) is 7.35. The molecule has 0 saturated carbocycles. The predicted molar refractivity (Wildman–Crippen MR) is 117 cm³/mol. The van der Waals surface area contributed by atoms with Gasteiger partial charge in [-0.25, -0.2) is 9.59 Å². The maximum absolute atomic E-state index is 12.6. The van der Waals surface area contributed by atoms with Gasteiger partial charge in [-0.3, -0.25) is 0 Å². The van der Waals surface area contributed by atoms with Crippen molar-refractivity contribution in [3.8, 4) is 11.5 Å². The smallest absolute Gasteiger partial charge is 0.338 e. The normalized spacial score (nSPS) is 15.8. The number of benzene rings is 2. The fraction of sp³-hybridized carbons (Fsp3) is 0.333. The minimum absolute atomic E-state index is 0.244. The molecular formula is C24H28N2O5. The summed E-state index contributed by atoms with van der Waals surface area (Å²) in [5.41, 5.74) is 4.60. The maximum atomic E-state index is 12.6. The van der Waals surface area contributed by atoms with Crippen LogP contribution in [0.25, 0.3) is 0 Å². The van der Waals surface area contributed by atoms with Crippen molar-refractivity contribution in [1.29, 1.82) is 0 Å². The maximum Gasteiger partial charge on any atom is 0.338 e. The highest BCUT2D eigenvalue weighted by atomic mass is 16.5. The summed E-state index contributed by atoms with van der Waals surface area (Å²) in [4.78, 5) is 24.7. The molecule has 7 nitrogen and oxygen atoms in total. The molecule has 0 fully saturated rings. The first-order chi connectivity index (χ1) is 14.8. The van der Waals surface area contributed by atoms with Gasteiger partial charge in [-0.05, 0) is 62.6 Å². The molecule has 3 rings (SSSR count). The number of nitrogens with one attached hydrogen (secondary N) is 2. The second-order valence-corrected chi connectivity index (χ2v) is 7.35. The number of urea groups is 1. The van der Waals surface area contributed by atoms with Crippen LogP contribution in [0.5, 0.6) is 11.5 Å². The molecule has 2 aromatic rings. The Bertz CT molecular complexity index is 1030. The third-order valence-electron chi connectivity index (χ3n) is 5.34. The van der Waals surface area contributed by atoms with Crippen LogP contribution in [0.4, 0.5) is 4.79 Å². The van der Waals surface area contributed by atoms with E-state index in [0.717, 1.165) is 28.0 Å². The summed E-state index contributed by atoms with van der Waals surface area (Å²) in [6.45, 7) is 8.00. The Balaban J connectivity index is 1.94. The Labute approximate surface area is 182 Å². The van der Waals surface area contributed by atoms with Gasteiger partial charge in [0.05, 0.1) is 25.3 Å². The molecule has 0 saturated heterocycles. The van der Waals surface area contributed by atoms with Gasteiger partial charge in [0, 0.05) is 11.3 Å². The van der Waals surface area contributed by atoms with Gasteiger partial charge < -0.3 is 24.8 Å². The standard InChI is InChI=1S/C24H28N2O5/c1-6-30-23(27)21-16(4)25-24(28)26-22(21)17-10-11-20(29-5)18(12-17)13-31-19-9-7-8-14(2)15(19)3/h7-12,22H,6,13H2,1-5H3,(H2,25,26,28). The van der Waals surface area contributed by atoms with Gasteiger partial charge >= 0.3 is 12.0 Å². The summed E-state index contributed by atoms with van der Waals surface area (Å²) < 4.78 is 16.8. The van der Waals surface area contributed by atoms with Crippen LogP contribution < -0.4 is 20.1 Å². The summed E-state index contributed by atoms with van der Waals surface area (Å²) in [5.74, 6) is 0.986. The molecule has 1 atom stereocenters. The number of rotatable bonds is 7. The molecule has 0 radical (unpaired) electrons. The average Bonchev–Trinajstić information content (AvgIpc) is 2.74. The van der Waals surface area contributed by atoms with Crippen molar-refractivity contribution in [3.63, 3.8) is 0 Å². The first-order valence-corrected chi connectivity index (χ1v) is 10.2. The Morgan fingerprint density at radius 1 is 1.10 bits per heavy atom. The Hall–Kier alpha value is -3.48. The van der Waals surface area contributed by atoms with Crippen LogP contribution in [-0.2, 0) is 16.1 Å². The van der Waals surface area contributed by atoms with Gasteiger partial charge in [0.15, 0.2) is 0 Å². The van der Waals surface area contributed by atoms with Gasteiger partial charge in [-0.1, -0.05) is 18.2 Å². The lowest BCUT2D eigenvalue weighted by atomic mass is 9.94. The van der Waals surface area contributed by atoms with Crippen LogP contribution in [0, 0.1) is 13.8 Å². The van der Waals surface area contributed by atoms with Crippen molar-refractivity contribution in [2.75, 3.05) is 13.7 Å². The molecule has 0 aliphatic carbocycles. The van der Waals surface area contributed by atoms with E-state index in [1.807, 2.05) is 50.2 Å². The number of carbonyl (C=O) groups excluding carboxylic acids is 2. The Morgan fingerprint density at radius 2 is 1.87 bits per heavy atom. The summed E-state index contributed by atoms with van der Waals surface area (Å²) in [6.07, 6.45) is 0. The number of carbonyl (C=O) groups is 2. The quantitative estimate of drug-likeness (QED) is 0.654. The molecule has 1 unspecified atom stereocenters. The topological polar surface area (TPSA) is 85.9 Å². The van der Waals surface area contributed by atoms with E-state index in [0.29, 0.717) is 17.0 Å². The SMILES string of the molecule is CCOC(=O)C1=C(C)NC(=O)NC1c1ccc(OC)c(COc2cccc(C)c2C)c1. The van der Waals surface area contributed by atoms with Gasteiger partial charge in [0.25, 0.3) is 0 Å². The first kappa shape index (κ1) is 22.2. The van der Waals surface area contributed by atoms with Gasteiger partial charge in [0.2, 0.25) is 0 Å². The zero-order valence-corrected chi connectivity index (χ0v) is 18.5. The molecule has 164 valence electrons. The monoisotopic (exact) mass is 424 g/mol. The number of hydrogen-bond acceptors (Lipinski definition) is 5. The molecule has 0 spiro atoms. The largest absolute Gasteiger partial charge is 0.496 e. The number of allylic oxidation sites excluding steroid dienone is 1. The van der Waals surface area contributed by atoms with E-state index in [2.05, 4.69) is 10.6 Å². The van der Waals surface area contributed by atoms with Crippen LogP contribution in [0.15, 0.2) is 47.7 Å². The second kappa shape index (κ2) is 9.55. The number of ether oxygens (including phenoxy) is 3. The van der Waals surface area contributed by atoms with E-state index >= 15 is 0 Å². The lowest BCUT2D eigenvalue weighted by Crippen LogP contribution is -2.45. The third kappa shape index (κ3) is 4.82. The minimum Gasteiger partial charge on any atom is -0.496 e. The summed E-state index contributed by atoms with van der Waals surface area (Å²) >= 11 is 0. The van der Waals surface area contributed by atoms with Crippen LogP contribution in [0.1, 0.15) is 42.1 Å². The molecule has 0 bridgehead atoms. The Morgan fingerprint density at radius 3 is 2.58 bits per heavy atom. The molecule has 31 heavy (non-hydrogen) atoms. The average molecular weight is 424 g/mol.